The molecule has 2 aromatic rings. The molecule has 0 aliphatic carbocycles. The number of rotatable bonds is 7. The van der Waals surface area contributed by atoms with Gasteiger partial charge in [0.25, 0.3) is 0 Å². The number of hydrogen-bond donors (Lipinski definition) is 2. The van der Waals surface area contributed by atoms with Gasteiger partial charge < -0.3 is 15.5 Å². The Morgan fingerprint density at radius 2 is 1.62 bits per heavy atom. The fourth-order valence-electron chi connectivity index (χ4n) is 3.16. The average molecular weight is 419 g/mol. The van der Waals surface area contributed by atoms with Crippen molar-refractivity contribution in [2.24, 2.45) is 0 Å². The molecule has 6 nitrogen and oxygen atoms in total. The summed E-state index contributed by atoms with van der Waals surface area (Å²) < 4.78 is 13.7. The normalized spacial score (nSPS) is 15.1. The molecule has 2 amide bonds. The van der Waals surface area contributed by atoms with Gasteiger partial charge in [-0.05, 0) is 30.3 Å². The topological polar surface area (TPSA) is 64.7 Å². The van der Waals surface area contributed by atoms with Gasteiger partial charge in [-0.15, -0.1) is 0 Å². The Bertz CT molecular complexity index is 842. The van der Waals surface area contributed by atoms with Gasteiger partial charge >= 0.3 is 0 Å². The van der Waals surface area contributed by atoms with Crippen molar-refractivity contribution >= 4 is 34.8 Å². The molecular weight excluding hydrogens is 395 g/mol. The quantitative estimate of drug-likeness (QED) is 0.725. The van der Waals surface area contributed by atoms with Gasteiger partial charge in [0.1, 0.15) is 5.82 Å². The molecule has 8 heteroatoms. The van der Waals surface area contributed by atoms with E-state index in [9.17, 15) is 14.0 Å². The summed E-state index contributed by atoms with van der Waals surface area (Å²) in [5.41, 5.74) is 0.924. The van der Waals surface area contributed by atoms with Crippen LogP contribution in [0.3, 0.4) is 0 Å². The van der Waals surface area contributed by atoms with Gasteiger partial charge in [-0.3, -0.25) is 14.5 Å². The number of para-hydroxylation sites is 1. The number of nitrogens with zero attached hydrogens (tertiary/aromatic N) is 2. The standard InChI is InChI=1S/C21H24ClFN4O2/c22-16-6-7-19(18(23)14-16)25-20(28)8-9-26-10-12-27(13-11-26)15-21(29)24-17-4-2-1-3-5-17/h1-7,14H,8-13,15H2,(H,24,29)(H,25,28). The summed E-state index contributed by atoms with van der Waals surface area (Å²) in [5, 5.41) is 5.75. The summed E-state index contributed by atoms with van der Waals surface area (Å²) in [6.45, 7) is 4.01. The SMILES string of the molecule is O=C(CN1CCN(CCC(=O)Nc2ccc(Cl)cc2F)CC1)Nc1ccccc1. The molecule has 1 saturated heterocycles. The average Bonchev–Trinajstić information content (AvgIpc) is 2.70. The van der Waals surface area contributed by atoms with E-state index in [1.54, 1.807) is 0 Å². The molecule has 2 aromatic carbocycles. The van der Waals surface area contributed by atoms with E-state index in [1.165, 1.54) is 18.2 Å². The molecule has 3 rings (SSSR count). The third kappa shape index (κ3) is 6.81. The zero-order valence-corrected chi connectivity index (χ0v) is 16.8. The van der Waals surface area contributed by atoms with Crippen LogP contribution in [0.2, 0.25) is 5.02 Å². The summed E-state index contributed by atoms with van der Waals surface area (Å²) in [6.07, 6.45) is 0.274. The Kier molecular flexibility index (Phi) is 7.57. The van der Waals surface area contributed by atoms with E-state index >= 15 is 0 Å². The molecular formula is C21H24ClFN4O2. The Morgan fingerprint density at radius 1 is 0.931 bits per heavy atom. The molecule has 0 saturated carbocycles. The van der Waals surface area contributed by atoms with Crippen molar-refractivity contribution in [2.45, 2.75) is 6.42 Å². The number of carbonyl (C=O) groups excluding carboxylic acids is 2. The summed E-state index contributed by atoms with van der Waals surface area (Å²) in [7, 11) is 0. The van der Waals surface area contributed by atoms with Crippen LogP contribution in [0.15, 0.2) is 48.5 Å². The minimum Gasteiger partial charge on any atom is -0.325 e. The van der Waals surface area contributed by atoms with Crippen LogP contribution in [0.25, 0.3) is 0 Å². The van der Waals surface area contributed by atoms with E-state index in [0.717, 1.165) is 31.9 Å². The number of amides is 2. The minimum atomic E-state index is -0.548. The van der Waals surface area contributed by atoms with E-state index in [1.807, 2.05) is 30.3 Å². The predicted octanol–water partition coefficient (Wildman–Crippen LogP) is 3.06. The first-order valence-electron chi connectivity index (χ1n) is 9.54. The zero-order chi connectivity index (χ0) is 20.6. The maximum absolute atomic E-state index is 13.7. The smallest absolute Gasteiger partial charge is 0.238 e. The van der Waals surface area contributed by atoms with Crippen LogP contribution in [0, 0.1) is 5.82 Å². The number of hydrogen-bond acceptors (Lipinski definition) is 4. The largest absolute Gasteiger partial charge is 0.325 e. The number of nitrogens with one attached hydrogen (secondary N) is 2. The third-order valence-corrected chi connectivity index (χ3v) is 4.99. The molecule has 0 aromatic heterocycles. The lowest BCUT2D eigenvalue weighted by atomic mass is 10.2. The van der Waals surface area contributed by atoms with Crippen LogP contribution in [0.1, 0.15) is 6.42 Å². The van der Waals surface area contributed by atoms with Crippen molar-refractivity contribution in [3.8, 4) is 0 Å². The van der Waals surface area contributed by atoms with Gasteiger partial charge in [0.2, 0.25) is 11.8 Å². The second kappa shape index (κ2) is 10.3. The van der Waals surface area contributed by atoms with Crippen molar-refractivity contribution in [3.63, 3.8) is 0 Å². The highest BCUT2D eigenvalue weighted by Crippen LogP contribution is 2.19. The second-order valence-corrected chi connectivity index (χ2v) is 7.39. The van der Waals surface area contributed by atoms with E-state index < -0.39 is 5.82 Å². The van der Waals surface area contributed by atoms with Crippen molar-refractivity contribution in [1.82, 2.24) is 9.80 Å². The monoisotopic (exact) mass is 418 g/mol. The Balaban J connectivity index is 1.35. The molecule has 2 N–H and O–H groups in total. The Morgan fingerprint density at radius 3 is 2.31 bits per heavy atom. The second-order valence-electron chi connectivity index (χ2n) is 6.95. The molecule has 1 aliphatic heterocycles. The minimum absolute atomic E-state index is 0.0333. The van der Waals surface area contributed by atoms with Gasteiger partial charge in [0.15, 0.2) is 0 Å². The van der Waals surface area contributed by atoms with Crippen molar-refractivity contribution < 1.29 is 14.0 Å². The molecule has 0 unspecified atom stereocenters. The highest BCUT2D eigenvalue weighted by atomic mass is 35.5. The maximum atomic E-state index is 13.7. The molecule has 1 aliphatic rings. The first kappa shape index (κ1) is 21.2. The summed E-state index contributed by atoms with van der Waals surface area (Å²) in [4.78, 5) is 28.5. The maximum Gasteiger partial charge on any atom is 0.238 e. The molecule has 0 spiro atoms. The number of carbonyl (C=O) groups is 2. The zero-order valence-electron chi connectivity index (χ0n) is 16.0. The van der Waals surface area contributed by atoms with Gasteiger partial charge in [-0.2, -0.15) is 0 Å². The van der Waals surface area contributed by atoms with Crippen LogP contribution in [-0.4, -0.2) is 60.9 Å². The first-order valence-corrected chi connectivity index (χ1v) is 9.92. The van der Waals surface area contributed by atoms with Gasteiger partial charge in [0.05, 0.1) is 12.2 Å². The molecule has 0 bridgehead atoms. The Hall–Kier alpha value is -2.48. The lowest BCUT2D eigenvalue weighted by Gasteiger charge is -2.34. The highest BCUT2D eigenvalue weighted by Gasteiger charge is 2.19. The summed E-state index contributed by atoms with van der Waals surface area (Å²) in [6, 6.07) is 13.5. The predicted molar refractivity (Wildman–Crippen MR) is 113 cm³/mol. The number of halogens is 2. The van der Waals surface area contributed by atoms with Gasteiger partial charge in [-0.1, -0.05) is 29.8 Å². The van der Waals surface area contributed by atoms with E-state index in [0.29, 0.717) is 13.1 Å². The molecule has 1 fully saturated rings. The first-order chi connectivity index (χ1) is 14.0. The fraction of sp³-hybridized carbons (Fsp3) is 0.333. The molecule has 29 heavy (non-hydrogen) atoms. The lowest BCUT2D eigenvalue weighted by molar-refractivity contribution is -0.117. The third-order valence-electron chi connectivity index (χ3n) is 4.75. The number of benzene rings is 2. The summed E-state index contributed by atoms with van der Waals surface area (Å²) in [5.74, 6) is -0.821. The van der Waals surface area contributed by atoms with E-state index in [2.05, 4.69) is 20.4 Å². The van der Waals surface area contributed by atoms with Crippen LogP contribution in [-0.2, 0) is 9.59 Å². The number of anilines is 2. The highest BCUT2D eigenvalue weighted by molar-refractivity contribution is 6.30. The van der Waals surface area contributed by atoms with E-state index in [4.69, 9.17) is 11.6 Å². The van der Waals surface area contributed by atoms with Crippen molar-refractivity contribution in [2.75, 3.05) is 49.9 Å². The molecule has 0 radical (unpaired) electrons. The molecule has 0 atom stereocenters. The molecule has 154 valence electrons. The van der Waals surface area contributed by atoms with Crippen LogP contribution < -0.4 is 10.6 Å². The van der Waals surface area contributed by atoms with Crippen molar-refractivity contribution in [3.05, 3.63) is 59.4 Å². The fourth-order valence-corrected chi connectivity index (χ4v) is 3.32. The lowest BCUT2D eigenvalue weighted by Crippen LogP contribution is -2.49. The Labute approximate surface area is 174 Å². The van der Waals surface area contributed by atoms with Crippen molar-refractivity contribution in [1.29, 1.82) is 0 Å². The van der Waals surface area contributed by atoms with Crippen LogP contribution in [0.4, 0.5) is 15.8 Å². The summed E-state index contributed by atoms with van der Waals surface area (Å²) >= 11 is 5.71. The van der Waals surface area contributed by atoms with Gasteiger partial charge in [0, 0.05) is 49.9 Å². The van der Waals surface area contributed by atoms with Gasteiger partial charge in [-0.25, -0.2) is 4.39 Å². The van der Waals surface area contributed by atoms with Crippen LogP contribution in [0.5, 0.6) is 0 Å². The van der Waals surface area contributed by atoms with E-state index in [-0.39, 0.29) is 28.9 Å². The van der Waals surface area contributed by atoms with Crippen LogP contribution >= 0.6 is 11.6 Å². The number of piperazine rings is 1. The molecule has 1 heterocycles.